The van der Waals surface area contributed by atoms with Gasteiger partial charge in [-0.05, 0) is 49.6 Å². The number of fused-ring (bicyclic) bond motifs is 1. The molecule has 3 aromatic rings. The van der Waals surface area contributed by atoms with Crippen molar-refractivity contribution in [2.24, 2.45) is 0 Å². The van der Waals surface area contributed by atoms with Gasteiger partial charge in [0.05, 0.1) is 22.0 Å². The van der Waals surface area contributed by atoms with E-state index in [9.17, 15) is 13.6 Å². The quantitative estimate of drug-likeness (QED) is 0.603. The van der Waals surface area contributed by atoms with Gasteiger partial charge in [-0.2, -0.15) is 0 Å². The molecule has 0 atom stereocenters. The van der Waals surface area contributed by atoms with Crippen molar-refractivity contribution in [3.8, 4) is 0 Å². The Morgan fingerprint density at radius 2 is 1.96 bits per heavy atom. The molecule has 0 unspecified atom stereocenters. The Hall–Kier alpha value is -2.58. The largest absolute Gasteiger partial charge is 0.368 e. The van der Waals surface area contributed by atoms with Crippen LogP contribution in [-0.2, 0) is 16.4 Å². The van der Waals surface area contributed by atoms with Crippen LogP contribution in [0.3, 0.4) is 0 Å². The zero-order chi connectivity index (χ0) is 18.2. The number of imidazole rings is 1. The number of nitrogens with two attached hydrogens (primary N) is 1. The van der Waals surface area contributed by atoms with Crippen LogP contribution in [0, 0.1) is 0 Å². The van der Waals surface area contributed by atoms with E-state index in [0.717, 1.165) is 15.1 Å². The molecule has 0 bridgehead atoms. The number of hydrogen-bond acceptors (Lipinski definition) is 6. The molecule has 3 rings (SSSR count). The Labute approximate surface area is 146 Å². The molecule has 0 radical (unpaired) electrons. The van der Waals surface area contributed by atoms with E-state index in [0.29, 0.717) is 23.1 Å². The molecular formula is C17H20N4O3S. The van der Waals surface area contributed by atoms with E-state index in [2.05, 4.69) is 10.5 Å². The predicted molar refractivity (Wildman–Crippen MR) is 98.3 cm³/mol. The average Bonchev–Trinajstić information content (AvgIpc) is 2.91. The lowest BCUT2D eigenvalue weighted by atomic mass is 10.0. The molecule has 0 saturated carbocycles. The SMILES string of the molecule is CC(C)S(=O)(=O)n1c(N)nc2ccc(Cc3ccccc3NO)cc21. The van der Waals surface area contributed by atoms with Crippen molar-refractivity contribution in [2.45, 2.75) is 25.5 Å². The maximum Gasteiger partial charge on any atom is 0.244 e. The van der Waals surface area contributed by atoms with Crippen LogP contribution in [0.15, 0.2) is 42.5 Å². The standard InChI is InChI=1S/C17H20N4O3S/c1-11(2)25(23,24)21-16-10-12(7-8-15(16)19-17(21)18)9-13-5-3-4-6-14(13)20-22/h3-8,10-11,20,22H,9H2,1-2H3,(H2,18,19). The molecule has 1 heterocycles. The van der Waals surface area contributed by atoms with Gasteiger partial charge in [0.2, 0.25) is 16.0 Å². The number of hydrogen-bond donors (Lipinski definition) is 3. The maximum atomic E-state index is 12.6. The number of nitrogens with zero attached hydrogens (tertiary/aromatic N) is 2. The summed E-state index contributed by atoms with van der Waals surface area (Å²) in [6, 6.07) is 12.7. The van der Waals surface area contributed by atoms with E-state index in [1.807, 2.05) is 24.3 Å². The summed E-state index contributed by atoms with van der Waals surface area (Å²) in [6.07, 6.45) is 0.520. The minimum Gasteiger partial charge on any atom is -0.368 e. The summed E-state index contributed by atoms with van der Waals surface area (Å²) in [5, 5.41) is 8.61. The first kappa shape index (κ1) is 17.2. The van der Waals surface area contributed by atoms with Gasteiger partial charge in [0, 0.05) is 0 Å². The fourth-order valence-corrected chi connectivity index (χ4v) is 3.85. The van der Waals surface area contributed by atoms with Gasteiger partial charge in [-0.15, -0.1) is 0 Å². The first-order valence-corrected chi connectivity index (χ1v) is 9.34. The molecule has 0 aliphatic heterocycles. The highest BCUT2D eigenvalue weighted by Crippen LogP contribution is 2.25. The molecule has 0 amide bonds. The van der Waals surface area contributed by atoms with Crippen molar-refractivity contribution in [2.75, 3.05) is 11.2 Å². The van der Waals surface area contributed by atoms with Gasteiger partial charge in [0.25, 0.3) is 0 Å². The van der Waals surface area contributed by atoms with Gasteiger partial charge in [0.1, 0.15) is 0 Å². The van der Waals surface area contributed by atoms with Crippen LogP contribution >= 0.6 is 0 Å². The number of anilines is 2. The topological polar surface area (TPSA) is 110 Å². The molecule has 2 aromatic carbocycles. The molecule has 0 saturated heterocycles. The van der Waals surface area contributed by atoms with Crippen LogP contribution < -0.4 is 11.2 Å². The van der Waals surface area contributed by atoms with Crippen LogP contribution in [0.25, 0.3) is 11.0 Å². The Balaban J connectivity index is 2.11. The van der Waals surface area contributed by atoms with Crippen LogP contribution in [0.2, 0.25) is 0 Å². The van der Waals surface area contributed by atoms with Gasteiger partial charge < -0.3 is 5.73 Å². The van der Waals surface area contributed by atoms with E-state index in [4.69, 9.17) is 5.73 Å². The maximum absolute atomic E-state index is 12.6. The number of nitrogen functional groups attached to an aromatic ring is 1. The Bertz CT molecular complexity index is 1030. The number of para-hydroxylation sites is 1. The fraction of sp³-hybridized carbons (Fsp3) is 0.235. The summed E-state index contributed by atoms with van der Waals surface area (Å²) in [6.45, 7) is 3.21. The summed E-state index contributed by atoms with van der Waals surface area (Å²) in [4.78, 5) is 4.15. The van der Waals surface area contributed by atoms with E-state index in [1.54, 1.807) is 32.0 Å². The third kappa shape index (κ3) is 3.06. The van der Waals surface area contributed by atoms with E-state index >= 15 is 0 Å². The van der Waals surface area contributed by atoms with Gasteiger partial charge >= 0.3 is 0 Å². The van der Waals surface area contributed by atoms with Crippen LogP contribution in [0.5, 0.6) is 0 Å². The third-order valence-corrected chi connectivity index (χ3v) is 6.17. The summed E-state index contributed by atoms with van der Waals surface area (Å²) in [7, 11) is -3.62. The molecule has 25 heavy (non-hydrogen) atoms. The van der Waals surface area contributed by atoms with Crippen LogP contribution in [0.1, 0.15) is 25.0 Å². The highest BCUT2D eigenvalue weighted by molar-refractivity contribution is 7.90. The summed E-state index contributed by atoms with van der Waals surface area (Å²) >= 11 is 0. The Morgan fingerprint density at radius 3 is 2.64 bits per heavy atom. The van der Waals surface area contributed by atoms with Gasteiger partial charge in [-0.25, -0.2) is 17.4 Å². The normalized spacial score (nSPS) is 12.0. The van der Waals surface area contributed by atoms with Crippen LogP contribution in [0.4, 0.5) is 11.6 Å². The lowest BCUT2D eigenvalue weighted by Crippen LogP contribution is -2.23. The molecule has 0 aliphatic carbocycles. The molecule has 0 fully saturated rings. The highest BCUT2D eigenvalue weighted by Gasteiger charge is 2.24. The summed E-state index contributed by atoms with van der Waals surface area (Å²) < 4.78 is 26.3. The molecule has 1 aromatic heterocycles. The molecule has 7 nitrogen and oxygen atoms in total. The minimum absolute atomic E-state index is 0.0433. The Morgan fingerprint density at radius 1 is 1.24 bits per heavy atom. The zero-order valence-corrected chi connectivity index (χ0v) is 14.8. The predicted octanol–water partition coefficient (Wildman–Crippen LogP) is 2.60. The van der Waals surface area contributed by atoms with E-state index in [-0.39, 0.29) is 5.95 Å². The third-order valence-electron chi connectivity index (χ3n) is 4.08. The zero-order valence-electron chi connectivity index (χ0n) is 14.0. The Kier molecular flexibility index (Phi) is 4.40. The number of benzene rings is 2. The minimum atomic E-state index is -3.62. The van der Waals surface area contributed by atoms with Gasteiger partial charge in [-0.3, -0.25) is 10.7 Å². The van der Waals surface area contributed by atoms with Crippen molar-refractivity contribution in [3.63, 3.8) is 0 Å². The van der Waals surface area contributed by atoms with Gasteiger partial charge in [0.15, 0.2) is 0 Å². The molecule has 4 N–H and O–H groups in total. The number of rotatable bonds is 5. The highest BCUT2D eigenvalue weighted by atomic mass is 32.2. The average molecular weight is 360 g/mol. The summed E-state index contributed by atoms with van der Waals surface area (Å²) in [5.74, 6) is -0.0433. The second-order valence-electron chi connectivity index (χ2n) is 6.10. The molecular weight excluding hydrogens is 340 g/mol. The van der Waals surface area contributed by atoms with Crippen molar-refractivity contribution in [1.29, 1.82) is 0 Å². The molecule has 0 aliphatic rings. The lowest BCUT2D eigenvalue weighted by molar-refractivity contribution is 0.388. The smallest absolute Gasteiger partial charge is 0.244 e. The van der Waals surface area contributed by atoms with Crippen molar-refractivity contribution in [3.05, 3.63) is 53.6 Å². The lowest BCUT2D eigenvalue weighted by Gasteiger charge is -2.12. The van der Waals surface area contributed by atoms with Crippen LogP contribution in [-0.4, -0.2) is 27.8 Å². The molecule has 0 spiro atoms. The first-order valence-electron chi connectivity index (χ1n) is 7.84. The van der Waals surface area contributed by atoms with E-state index in [1.165, 1.54) is 0 Å². The van der Waals surface area contributed by atoms with E-state index < -0.39 is 15.3 Å². The second kappa shape index (κ2) is 6.38. The molecule has 8 heteroatoms. The fourth-order valence-electron chi connectivity index (χ4n) is 2.71. The van der Waals surface area contributed by atoms with Crippen molar-refractivity contribution < 1.29 is 13.6 Å². The second-order valence-corrected chi connectivity index (χ2v) is 8.43. The summed E-state index contributed by atoms with van der Waals surface area (Å²) in [5.41, 5.74) is 11.4. The first-order chi connectivity index (χ1) is 11.8. The van der Waals surface area contributed by atoms with Crippen molar-refractivity contribution in [1.82, 2.24) is 8.96 Å². The number of aromatic nitrogens is 2. The number of nitrogens with one attached hydrogen (secondary N) is 1. The molecule has 132 valence electrons. The van der Waals surface area contributed by atoms with Crippen molar-refractivity contribution >= 4 is 32.7 Å². The monoisotopic (exact) mass is 360 g/mol. The van der Waals surface area contributed by atoms with Gasteiger partial charge in [-0.1, -0.05) is 24.3 Å².